The molecule has 0 atom stereocenters. The molecule has 0 aromatic carbocycles. The minimum atomic E-state index is 0.672. The lowest BCUT2D eigenvalue weighted by Crippen LogP contribution is -2.15. The van der Waals surface area contributed by atoms with Crippen LogP contribution in [0.1, 0.15) is 50.8 Å². The van der Waals surface area contributed by atoms with Gasteiger partial charge in [0.2, 0.25) is 0 Å². The number of aryl methyl sites for hydroxylation is 1. The van der Waals surface area contributed by atoms with Crippen molar-refractivity contribution in [2.75, 3.05) is 11.9 Å². The molecule has 2 rings (SSSR count). The fourth-order valence-corrected chi connectivity index (χ4v) is 2.06. The van der Waals surface area contributed by atoms with Crippen molar-refractivity contribution in [2.24, 2.45) is 0 Å². The van der Waals surface area contributed by atoms with Crippen LogP contribution in [-0.2, 0) is 13.0 Å². The van der Waals surface area contributed by atoms with Gasteiger partial charge in [-0.2, -0.15) is 0 Å². The quantitative estimate of drug-likeness (QED) is 0.693. The number of hydrogen-bond acceptors (Lipinski definition) is 3. The molecule has 0 aliphatic heterocycles. The fourth-order valence-electron chi connectivity index (χ4n) is 2.06. The lowest BCUT2D eigenvalue weighted by Gasteiger charge is -2.10. The maximum Gasteiger partial charge on any atom is 0.126 e. The number of nitrogens with zero attached hydrogens (tertiary/aromatic N) is 1. The standard InChI is InChI=1S/C15H25N3/c1-3-5-14-9-12(11-16-8-4-2)10-15(18-14)17-13-6-7-13/h9-10,13,16H,3-8,11H2,1-2H3,(H,17,18). The molecule has 100 valence electrons. The maximum absolute atomic E-state index is 4.69. The molecule has 1 aromatic heterocycles. The second kappa shape index (κ2) is 6.74. The normalized spacial score (nSPS) is 14.8. The summed E-state index contributed by atoms with van der Waals surface area (Å²) in [5.74, 6) is 1.07. The van der Waals surface area contributed by atoms with Crippen molar-refractivity contribution in [1.29, 1.82) is 0 Å². The molecular weight excluding hydrogens is 222 g/mol. The van der Waals surface area contributed by atoms with Crippen molar-refractivity contribution in [3.63, 3.8) is 0 Å². The average molecular weight is 247 g/mol. The summed E-state index contributed by atoms with van der Waals surface area (Å²) < 4.78 is 0. The van der Waals surface area contributed by atoms with E-state index in [-0.39, 0.29) is 0 Å². The third kappa shape index (κ3) is 4.30. The van der Waals surface area contributed by atoms with Crippen LogP contribution in [0.3, 0.4) is 0 Å². The van der Waals surface area contributed by atoms with Crippen LogP contribution in [-0.4, -0.2) is 17.6 Å². The fraction of sp³-hybridized carbons (Fsp3) is 0.667. The van der Waals surface area contributed by atoms with E-state index in [0.29, 0.717) is 6.04 Å². The summed E-state index contributed by atoms with van der Waals surface area (Å²) in [5, 5.41) is 6.97. The SMILES string of the molecule is CCCNCc1cc(CCC)nc(NC2CC2)c1. The molecule has 0 radical (unpaired) electrons. The van der Waals surface area contributed by atoms with E-state index in [2.05, 4.69) is 36.6 Å². The summed E-state index contributed by atoms with van der Waals surface area (Å²) in [6.45, 7) is 6.43. The first-order chi connectivity index (χ1) is 8.81. The summed E-state index contributed by atoms with van der Waals surface area (Å²) in [4.78, 5) is 4.69. The Morgan fingerprint density at radius 2 is 2.06 bits per heavy atom. The van der Waals surface area contributed by atoms with Crippen molar-refractivity contribution in [1.82, 2.24) is 10.3 Å². The Bertz CT molecular complexity index is 372. The zero-order valence-electron chi connectivity index (χ0n) is 11.6. The molecule has 3 heteroatoms. The number of hydrogen-bond donors (Lipinski definition) is 2. The molecule has 3 nitrogen and oxygen atoms in total. The van der Waals surface area contributed by atoms with Crippen LogP contribution < -0.4 is 10.6 Å². The summed E-state index contributed by atoms with van der Waals surface area (Å²) >= 11 is 0. The van der Waals surface area contributed by atoms with E-state index in [1.54, 1.807) is 0 Å². The lowest BCUT2D eigenvalue weighted by atomic mass is 10.1. The molecule has 18 heavy (non-hydrogen) atoms. The molecule has 0 spiro atoms. The van der Waals surface area contributed by atoms with Gasteiger partial charge in [0.05, 0.1) is 0 Å². The van der Waals surface area contributed by atoms with Gasteiger partial charge in [0.25, 0.3) is 0 Å². The van der Waals surface area contributed by atoms with Crippen LogP contribution in [0.15, 0.2) is 12.1 Å². The highest BCUT2D eigenvalue weighted by molar-refractivity contribution is 5.41. The van der Waals surface area contributed by atoms with Crippen molar-refractivity contribution in [3.05, 3.63) is 23.4 Å². The van der Waals surface area contributed by atoms with Crippen molar-refractivity contribution < 1.29 is 0 Å². The minimum absolute atomic E-state index is 0.672. The molecule has 0 unspecified atom stereocenters. The van der Waals surface area contributed by atoms with Crippen LogP contribution in [0.25, 0.3) is 0 Å². The lowest BCUT2D eigenvalue weighted by molar-refractivity contribution is 0.673. The smallest absolute Gasteiger partial charge is 0.126 e. The third-order valence-electron chi connectivity index (χ3n) is 3.13. The van der Waals surface area contributed by atoms with Gasteiger partial charge in [0.1, 0.15) is 5.82 Å². The van der Waals surface area contributed by atoms with Crippen LogP contribution in [0.4, 0.5) is 5.82 Å². The van der Waals surface area contributed by atoms with E-state index >= 15 is 0 Å². The summed E-state index contributed by atoms with van der Waals surface area (Å²) in [6.07, 6.45) is 6.00. The van der Waals surface area contributed by atoms with Gasteiger partial charge in [0, 0.05) is 18.3 Å². The predicted octanol–water partition coefficient (Wildman–Crippen LogP) is 3.11. The number of aromatic nitrogens is 1. The zero-order valence-corrected chi connectivity index (χ0v) is 11.6. The Kier molecular flexibility index (Phi) is 5.00. The van der Waals surface area contributed by atoms with Crippen LogP contribution in [0, 0.1) is 0 Å². The maximum atomic E-state index is 4.69. The second-order valence-corrected chi connectivity index (χ2v) is 5.20. The summed E-state index contributed by atoms with van der Waals surface area (Å²) in [7, 11) is 0. The molecule has 2 N–H and O–H groups in total. The molecule has 1 aliphatic carbocycles. The molecule has 0 saturated heterocycles. The molecule has 1 fully saturated rings. The Labute approximate surface area is 110 Å². The first-order valence-corrected chi connectivity index (χ1v) is 7.29. The Morgan fingerprint density at radius 3 is 2.72 bits per heavy atom. The molecule has 0 amide bonds. The van der Waals surface area contributed by atoms with Crippen molar-refractivity contribution in [2.45, 2.75) is 58.5 Å². The van der Waals surface area contributed by atoms with Gasteiger partial charge in [0.15, 0.2) is 0 Å². The highest BCUT2D eigenvalue weighted by atomic mass is 15.0. The monoisotopic (exact) mass is 247 g/mol. The highest BCUT2D eigenvalue weighted by Gasteiger charge is 2.21. The largest absolute Gasteiger partial charge is 0.367 e. The van der Waals surface area contributed by atoms with E-state index in [1.165, 1.54) is 30.5 Å². The molecule has 1 aromatic rings. The number of pyridine rings is 1. The topological polar surface area (TPSA) is 37.0 Å². The van der Waals surface area contributed by atoms with E-state index in [1.807, 2.05) is 0 Å². The second-order valence-electron chi connectivity index (χ2n) is 5.20. The van der Waals surface area contributed by atoms with Crippen molar-refractivity contribution >= 4 is 5.82 Å². The average Bonchev–Trinajstić information content (AvgIpc) is 3.13. The van der Waals surface area contributed by atoms with E-state index in [0.717, 1.165) is 31.7 Å². The van der Waals surface area contributed by atoms with Gasteiger partial charge >= 0.3 is 0 Å². The first kappa shape index (κ1) is 13.3. The van der Waals surface area contributed by atoms with Gasteiger partial charge in [-0.05, 0) is 49.9 Å². The number of nitrogens with one attached hydrogen (secondary N) is 2. The highest BCUT2D eigenvalue weighted by Crippen LogP contribution is 2.24. The zero-order chi connectivity index (χ0) is 12.8. The third-order valence-corrected chi connectivity index (χ3v) is 3.13. The summed E-state index contributed by atoms with van der Waals surface area (Å²) in [6, 6.07) is 5.11. The Hall–Kier alpha value is -1.09. The minimum Gasteiger partial charge on any atom is -0.367 e. The summed E-state index contributed by atoms with van der Waals surface area (Å²) in [5.41, 5.74) is 2.57. The first-order valence-electron chi connectivity index (χ1n) is 7.29. The van der Waals surface area contributed by atoms with Gasteiger partial charge in [-0.1, -0.05) is 20.3 Å². The van der Waals surface area contributed by atoms with E-state index in [9.17, 15) is 0 Å². The van der Waals surface area contributed by atoms with Gasteiger partial charge in [-0.15, -0.1) is 0 Å². The van der Waals surface area contributed by atoms with Crippen LogP contribution >= 0.6 is 0 Å². The van der Waals surface area contributed by atoms with E-state index < -0.39 is 0 Å². The van der Waals surface area contributed by atoms with Crippen LogP contribution in [0.2, 0.25) is 0 Å². The molecule has 1 aliphatic rings. The molecule has 1 heterocycles. The Morgan fingerprint density at radius 1 is 1.22 bits per heavy atom. The van der Waals surface area contributed by atoms with E-state index in [4.69, 9.17) is 4.98 Å². The molecular formula is C15H25N3. The number of anilines is 1. The van der Waals surface area contributed by atoms with Gasteiger partial charge in [-0.25, -0.2) is 4.98 Å². The predicted molar refractivity (Wildman–Crippen MR) is 76.9 cm³/mol. The van der Waals surface area contributed by atoms with Crippen molar-refractivity contribution in [3.8, 4) is 0 Å². The molecule has 1 saturated carbocycles. The Balaban J connectivity index is 2.02. The number of rotatable bonds is 8. The van der Waals surface area contributed by atoms with Gasteiger partial charge < -0.3 is 10.6 Å². The van der Waals surface area contributed by atoms with Gasteiger partial charge in [-0.3, -0.25) is 0 Å². The molecule has 0 bridgehead atoms. The van der Waals surface area contributed by atoms with Crippen LogP contribution in [0.5, 0.6) is 0 Å².